The van der Waals surface area contributed by atoms with E-state index < -0.39 is 0 Å². The fourth-order valence-corrected chi connectivity index (χ4v) is 2.40. The molecular formula is C18H11NO4. The summed E-state index contributed by atoms with van der Waals surface area (Å²) >= 11 is 0. The number of hydrogen-bond donors (Lipinski definition) is 1. The van der Waals surface area contributed by atoms with Crippen LogP contribution >= 0.6 is 0 Å². The molecule has 5 heteroatoms. The summed E-state index contributed by atoms with van der Waals surface area (Å²) in [4.78, 5) is 44.3. The Morgan fingerprint density at radius 2 is 0.826 bits per heavy atom. The maximum absolute atomic E-state index is 12.1. The van der Waals surface area contributed by atoms with Crippen molar-refractivity contribution < 1.29 is 19.2 Å². The first kappa shape index (κ1) is 14.6. The highest BCUT2D eigenvalue weighted by Gasteiger charge is 2.28. The van der Waals surface area contributed by atoms with E-state index in [0.717, 1.165) is 0 Å². The summed E-state index contributed by atoms with van der Waals surface area (Å²) in [5, 5.41) is 2.03. The summed E-state index contributed by atoms with van der Waals surface area (Å²) in [7, 11) is 0. The molecule has 2 aromatic carbocycles. The minimum absolute atomic E-state index is 0.0641. The second-order valence-corrected chi connectivity index (χ2v) is 4.94. The lowest BCUT2D eigenvalue weighted by Gasteiger charge is -2.16. The zero-order chi connectivity index (χ0) is 16.4. The Balaban J connectivity index is 0.000000188. The third kappa shape index (κ3) is 2.72. The summed E-state index contributed by atoms with van der Waals surface area (Å²) in [5.74, 6) is -0.786. The highest BCUT2D eigenvalue weighted by Crippen LogP contribution is 2.26. The number of benzene rings is 2. The largest absolute Gasteiger partial charge is 0.289 e. The van der Waals surface area contributed by atoms with Gasteiger partial charge in [0.2, 0.25) is 0 Å². The van der Waals surface area contributed by atoms with Gasteiger partial charge >= 0.3 is 0 Å². The average molecular weight is 305 g/mol. The van der Waals surface area contributed by atoms with Crippen molar-refractivity contribution >= 4 is 23.4 Å². The number of fused-ring (bicyclic) bond motifs is 2. The minimum Gasteiger partial charge on any atom is -0.289 e. The molecule has 2 aliphatic rings. The van der Waals surface area contributed by atoms with Crippen LogP contribution in [0.15, 0.2) is 60.7 Å². The summed E-state index contributed by atoms with van der Waals surface area (Å²) < 4.78 is 0. The molecule has 5 nitrogen and oxygen atoms in total. The van der Waals surface area contributed by atoms with E-state index in [1.807, 2.05) is 5.32 Å². The maximum atomic E-state index is 12.1. The van der Waals surface area contributed by atoms with Gasteiger partial charge in [-0.3, -0.25) is 24.5 Å². The van der Waals surface area contributed by atoms with Crippen LogP contribution in [-0.2, 0) is 9.59 Å². The van der Waals surface area contributed by atoms with E-state index in [1.54, 1.807) is 48.5 Å². The average Bonchev–Trinajstić information content (AvgIpc) is 2.96. The topological polar surface area (TPSA) is 80.3 Å². The van der Waals surface area contributed by atoms with Gasteiger partial charge < -0.3 is 0 Å². The van der Waals surface area contributed by atoms with Crippen LogP contribution in [0.5, 0.6) is 0 Å². The van der Waals surface area contributed by atoms with Crippen molar-refractivity contribution in [1.82, 2.24) is 5.32 Å². The summed E-state index contributed by atoms with van der Waals surface area (Å²) in [5.41, 5.74) is 2.02. The molecule has 0 saturated heterocycles. The highest BCUT2D eigenvalue weighted by atomic mass is 16.2. The molecule has 1 aliphatic carbocycles. The molecule has 112 valence electrons. The van der Waals surface area contributed by atoms with Gasteiger partial charge in [0, 0.05) is 34.4 Å². The smallest absolute Gasteiger partial charge is 0.250 e. The first-order chi connectivity index (χ1) is 11.1. The molecule has 1 heterocycles. The van der Waals surface area contributed by atoms with E-state index in [9.17, 15) is 19.2 Å². The van der Waals surface area contributed by atoms with Gasteiger partial charge in [0.15, 0.2) is 11.6 Å². The van der Waals surface area contributed by atoms with Crippen LogP contribution in [0.1, 0.15) is 31.8 Å². The SMILES string of the molecule is O=C1C=CC(=O)N1.O=C1c2ccccc2C(=O)c2ccccc21. The molecule has 1 N–H and O–H groups in total. The number of imide groups is 1. The number of carbonyl (C=O) groups is 4. The molecule has 2 aromatic rings. The first-order valence-corrected chi connectivity index (χ1v) is 6.88. The molecule has 0 bridgehead atoms. The minimum atomic E-state index is -0.329. The number of carbonyl (C=O) groups excluding carboxylic acids is 4. The van der Waals surface area contributed by atoms with Crippen molar-refractivity contribution in [3.8, 4) is 0 Å². The predicted octanol–water partition coefficient (Wildman–Crippen LogP) is 1.66. The summed E-state index contributed by atoms with van der Waals surface area (Å²) in [6.07, 6.45) is 2.39. The normalized spacial score (nSPS) is 14.6. The molecule has 0 spiro atoms. The lowest BCUT2D eigenvalue weighted by molar-refractivity contribution is -0.123. The molecule has 0 radical (unpaired) electrons. The number of rotatable bonds is 0. The van der Waals surface area contributed by atoms with Crippen LogP contribution in [0.25, 0.3) is 0 Å². The molecule has 0 fully saturated rings. The van der Waals surface area contributed by atoms with Crippen molar-refractivity contribution in [3.05, 3.63) is 82.9 Å². The Kier molecular flexibility index (Phi) is 3.68. The van der Waals surface area contributed by atoms with Crippen LogP contribution in [0.3, 0.4) is 0 Å². The van der Waals surface area contributed by atoms with Gasteiger partial charge in [-0.2, -0.15) is 0 Å². The Labute approximate surface area is 131 Å². The maximum Gasteiger partial charge on any atom is 0.250 e. The summed E-state index contributed by atoms with van der Waals surface area (Å²) in [6.45, 7) is 0. The van der Waals surface area contributed by atoms with Crippen molar-refractivity contribution in [2.45, 2.75) is 0 Å². The summed E-state index contributed by atoms with van der Waals surface area (Å²) in [6, 6.07) is 13.9. The lowest BCUT2D eigenvalue weighted by Crippen LogP contribution is -2.20. The predicted molar refractivity (Wildman–Crippen MR) is 82.0 cm³/mol. The van der Waals surface area contributed by atoms with Crippen molar-refractivity contribution in [2.75, 3.05) is 0 Å². The second-order valence-electron chi connectivity index (χ2n) is 4.94. The Bertz CT molecular complexity index is 759. The highest BCUT2D eigenvalue weighted by molar-refractivity contribution is 6.28. The van der Waals surface area contributed by atoms with E-state index in [-0.39, 0.29) is 23.4 Å². The van der Waals surface area contributed by atoms with Crippen LogP contribution in [-0.4, -0.2) is 23.4 Å². The quantitative estimate of drug-likeness (QED) is 0.641. The second kappa shape index (κ2) is 5.81. The van der Waals surface area contributed by atoms with Gasteiger partial charge in [-0.1, -0.05) is 48.5 Å². The van der Waals surface area contributed by atoms with E-state index in [2.05, 4.69) is 0 Å². The Morgan fingerprint density at radius 3 is 1.04 bits per heavy atom. The molecule has 0 unspecified atom stereocenters. The molecular weight excluding hydrogens is 294 g/mol. The van der Waals surface area contributed by atoms with Crippen LogP contribution < -0.4 is 5.32 Å². The zero-order valence-corrected chi connectivity index (χ0v) is 11.9. The van der Waals surface area contributed by atoms with Crippen molar-refractivity contribution in [2.24, 2.45) is 0 Å². The zero-order valence-electron chi connectivity index (χ0n) is 11.9. The van der Waals surface area contributed by atoms with Gasteiger partial charge in [-0.25, -0.2) is 0 Å². The van der Waals surface area contributed by atoms with Crippen molar-refractivity contribution in [3.63, 3.8) is 0 Å². The first-order valence-electron chi connectivity index (χ1n) is 6.88. The van der Waals surface area contributed by atoms with Crippen molar-refractivity contribution in [1.29, 1.82) is 0 Å². The van der Waals surface area contributed by atoms with E-state index in [0.29, 0.717) is 22.3 Å². The fraction of sp³-hybridized carbons (Fsp3) is 0. The van der Waals surface area contributed by atoms with Gasteiger partial charge in [0.25, 0.3) is 11.8 Å². The van der Waals surface area contributed by atoms with Gasteiger partial charge in [0.05, 0.1) is 0 Å². The lowest BCUT2D eigenvalue weighted by atomic mass is 9.84. The van der Waals surface area contributed by atoms with E-state index in [1.165, 1.54) is 12.2 Å². The Morgan fingerprint density at radius 1 is 0.522 bits per heavy atom. The van der Waals surface area contributed by atoms with Gasteiger partial charge in [-0.15, -0.1) is 0 Å². The number of nitrogens with one attached hydrogen (secondary N) is 1. The fourth-order valence-electron chi connectivity index (χ4n) is 2.40. The molecule has 23 heavy (non-hydrogen) atoms. The number of hydrogen-bond acceptors (Lipinski definition) is 4. The van der Waals surface area contributed by atoms with E-state index >= 15 is 0 Å². The number of ketones is 2. The molecule has 0 saturated carbocycles. The van der Waals surface area contributed by atoms with Gasteiger partial charge in [-0.05, 0) is 0 Å². The molecule has 4 rings (SSSR count). The van der Waals surface area contributed by atoms with Gasteiger partial charge in [0.1, 0.15) is 0 Å². The molecule has 0 atom stereocenters. The van der Waals surface area contributed by atoms with E-state index in [4.69, 9.17) is 0 Å². The molecule has 0 aromatic heterocycles. The van der Waals surface area contributed by atoms with Crippen LogP contribution in [0.2, 0.25) is 0 Å². The Hall–Kier alpha value is -3.34. The third-order valence-electron chi connectivity index (χ3n) is 3.47. The monoisotopic (exact) mass is 305 g/mol. The molecule has 2 amide bonds. The van der Waals surface area contributed by atoms with Crippen LogP contribution in [0.4, 0.5) is 0 Å². The third-order valence-corrected chi connectivity index (χ3v) is 3.47. The number of amides is 2. The van der Waals surface area contributed by atoms with Crippen LogP contribution in [0, 0.1) is 0 Å². The molecule has 1 aliphatic heterocycles. The standard InChI is InChI=1S/C14H8O2.C4H3NO2/c15-13-9-5-1-2-6-10(9)14(16)12-8-4-3-7-11(12)13;6-3-1-2-4(7)5-3/h1-8H;1-2H,(H,5,6,7).